The van der Waals surface area contributed by atoms with E-state index in [-0.39, 0.29) is 5.91 Å². The van der Waals surface area contributed by atoms with Gasteiger partial charge in [-0.05, 0) is 37.6 Å². The minimum Gasteiger partial charge on any atom is -0.497 e. The summed E-state index contributed by atoms with van der Waals surface area (Å²) in [7, 11) is 3.16. The summed E-state index contributed by atoms with van der Waals surface area (Å²) in [6, 6.07) is 5.28. The van der Waals surface area contributed by atoms with E-state index in [2.05, 4.69) is 10.3 Å². The zero-order valence-corrected chi connectivity index (χ0v) is 16.4. The molecule has 1 fully saturated rings. The number of rotatable bonds is 4. The van der Waals surface area contributed by atoms with E-state index in [9.17, 15) is 4.79 Å². The summed E-state index contributed by atoms with van der Waals surface area (Å²) in [4.78, 5) is 24.4. The molecule has 0 unspecified atom stereocenters. The van der Waals surface area contributed by atoms with Crippen molar-refractivity contribution in [2.75, 3.05) is 33.9 Å². The van der Waals surface area contributed by atoms with Crippen molar-refractivity contribution >= 4 is 5.91 Å². The number of ether oxygens (including phenoxy) is 2. The molecule has 0 bridgehead atoms. The van der Waals surface area contributed by atoms with Crippen molar-refractivity contribution in [3.8, 4) is 11.5 Å². The molecule has 3 heterocycles. The lowest BCUT2D eigenvalue weighted by Gasteiger charge is -2.29. The van der Waals surface area contributed by atoms with E-state index in [0.29, 0.717) is 36.1 Å². The Morgan fingerprint density at radius 3 is 2.93 bits per heavy atom. The lowest BCUT2D eigenvalue weighted by molar-refractivity contribution is 0.0729. The number of piperidine rings is 1. The summed E-state index contributed by atoms with van der Waals surface area (Å²) in [6.07, 6.45) is 4.93. The lowest BCUT2D eigenvalue weighted by atomic mass is 9.98. The minimum absolute atomic E-state index is 0.0676. The normalized spacial score (nSPS) is 19.1. The van der Waals surface area contributed by atoms with E-state index in [0.717, 1.165) is 49.4 Å². The highest BCUT2D eigenvalue weighted by Crippen LogP contribution is 2.28. The summed E-state index contributed by atoms with van der Waals surface area (Å²) in [5.41, 5.74) is 2.60. The zero-order chi connectivity index (χ0) is 19.5. The van der Waals surface area contributed by atoms with E-state index in [4.69, 9.17) is 14.5 Å². The molecule has 7 nitrogen and oxygen atoms in total. The van der Waals surface area contributed by atoms with Crippen LogP contribution in [-0.2, 0) is 13.0 Å². The van der Waals surface area contributed by atoms with Crippen molar-refractivity contribution in [2.24, 2.45) is 0 Å². The quantitative estimate of drug-likeness (QED) is 0.873. The molecule has 28 heavy (non-hydrogen) atoms. The average molecular weight is 382 g/mol. The number of fused-ring (bicyclic) bond motifs is 1. The molecule has 1 amide bonds. The molecule has 0 radical (unpaired) electrons. The first-order valence-electron chi connectivity index (χ1n) is 9.76. The first kappa shape index (κ1) is 18.7. The fraction of sp³-hybridized carbons (Fsp3) is 0.476. The minimum atomic E-state index is -0.0676. The van der Waals surface area contributed by atoms with Crippen LogP contribution in [0.25, 0.3) is 0 Å². The zero-order valence-electron chi connectivity index (χ0n) is 16.4. The summed E-state index contributed by atoms with van der Waals surface area (Å²) in [6.45, 7) is 3.16. The van der Waals surface area contributed by atoms with Gasteiger partial charge in [0.05, 0.1) is 25.5 Å². The van der Waals surface area contributed by atoms with Gasteiger partial charge in [-0.3, -0.25) is 4.79 Å². The Hall–Kier alpha value is -2.67. The Bertz CT molecular complexity index is 865. The molecule has 7 heteroatoms. The molecule has 2 aromatic rings. The van der Waals surface area contributed by atoms with Crippen LogP contribution in [0.2, 0.25) is 0 Å². The van der Waals surface area contributed by atoms with E-state index in [1.807, 2.05) is 11.1 Å². The second kappa shape index (κ2) is 8.14. The van der Waals surface area contributed by atoms with Crippen LogP contribution in [0.5, 0.6) is 11.5 Å². The molecule has 0 aliphatic carbocycles. The van der Waals surface area contributed by atoms with Gasteiger partial charge >= 0.3 is 0 Å². The number of methoxy groups -OCH3 is 2. The average Bonchev–Trinajstić information content (AvgIpc) is 2.78. The van der Waals surface area contributed by atoms with Crippen LogP contribution in [0.15, 0.2) is 24.4 Å². The number of nitrogens with zero attached hydrogens (tertiary/aromatic N) is 3. The van der Waals surface area contributed by atoms with Gasteiger partial charge in [-0.2, -0.15) is 0 Å². The third kappa shape index (κ3) is 3.67. The number of carbonyl (C=O) groups excluding carboxylic acids is 1. The summed E-state index contributed by atoms with van der Waals surface area (Å²) in [5, 5.41) is 3.42. The molecule has 1 aromatic heterocycles. The number of hydrogen-bond acceptors (Lipinski definition) is 6. The van der Waals surface area contributed by atoms with Crippen molar-refractivity contribution in [3.05, 3.63) is 47.0 Å². The monoisotopic (exact) mass is 382 g/mol. The fourth-order valence-corrected chi connectivity index (χ4v) is 3.93. The van der Waals surface area contributed by atoms with Crippen molar-refractivity contribution < 1.29 is 14.3 Å². The first-order chi connectivity index (χ1) is 13.7. The van der Waals surface area contributed by atoms with Gasteiger partial charge in [-0.15, -0.1) is 0 Å². The number of hydrogen-bond donors (Lipinski definition) is 1. The molecule has 2 aliphatic rings. The molecule has 4 rings (SSSR count). The van der Waals surface area contributed by atoms with E-state index in [1.165, 1.54) is 0 Å². The molecule has 1 N–H and O–H groups in total. The second-order valence-corrected chi connectivity index (χ2v) is 7.29. The van der Waals surface area contributed by atoms with Gasteiger partial charge in [-0.25, -0.2) is 9.97 Å². The smallest absolute Gasteiger partial charge is 0.258 e. The third-order valence-corrected chi connectivity index (χ3v) is 5.54. The molecule has 1 atom stereocenters. The van der Waals surface area contributed by atoms with Crippen molar-refractivity contribution in [2.45, 2.75) is 31.7 Å². The molecule has 0 spiro atoms. The maximum absolute atomic E-state index is 13.1. The van der Waals surface area contributed by atoms with E-state index in [1.54, 1.807) is 32.4 Å². The first-order valence-corrected chi connectivity index (χ1v) is 9.76. The number of carbonyl (C=O) groups is 1. The Morgan fingerprint density at radius 2 is 2.18 bits per heavy atom. The maximum atomic E-state index is 13.1. The summed E-state index contributed by atoms with van der Waals surface area (Å²) >= 11 is 0. The molecular weight excluding hydrogens is 356 g/mol. The lowest BCUT2D eigenvalue weighted by Crippen LogP contribution is -2.37. The van der Waals surface area contributed by atoms with Gasteiger partial charge in [0.1, 0.15) is 17.3 Å². The predicted octanol–water partition coefficient (Wildman–Crippen LogP) is 2.16. The van der Waals surface area contributed by atoms with Gasteiger partial charge in [-0.1, -0.05) is 0 Å². The second-order valence-electron chi connectivity index (χ2n) is 7.29. The molecule has 1 saturated heterocycles. The van der Waals surface area contributed by atoms with Crippen LogP contribution in [0.4, 0.5) is 0 Å². The van der Waals surface area contributed by atoms with Crippen LogP contribution in [0, 0.1) is 0 Å². The van der Waals surface area contributed by atoms with Gasteiger partial charge in [0, 0.05) is 43.7 Å². The molecular formula is C21H26N4O3. The van der Waals surface area contributed by atoms with Crippen LogP contribution < -0.4 is 14.8 Å². The molecule has 0 saturated carbocycles. The van der Waals surface area contributed by atoms with Crippen molar-refractivity contribution in [3.63, 3.8) is 0 Å². The van der Waals surface area contributed by atoms with E-state index < -0.39 is 0 Å². The molecule has 1 aromatic carbocycles. The van der Waals surface area contributed by atoms with Crippen LogP contribution in [0.1, 0.15) is 46.2 Å². The number of aromatic nitrogens is 2. The number of amides is 1. The predicted molar refractivity (Wildman–Crippen MR) is 105 cm³/mol. The van der Waals surface area contributed by atoms with Crippen LogP contribution >= 0.6 is 0 Å². The van der Waals surface area contributed by atoms with E-state index >= 15 is 0 Å². The van der Waals surface area contributed by atoms with Gasteiger partial charge < -0.3 is 19.7 Å². The maximum Gasteiger partial charge on any atom is 0.258 e. The van der Waals surface area contributed by atoms with Crippen molar-refractivity contribution in [1.29, 1.82) is 0 Å². The highest BCUT2D eigenvalue weighted by molar-refractivity contribution is 5.97. The standard InChI is InChI=1S/C21H26N4O3/c1-27-16-5-6-19(28-2)17(10-16)21(26)25-9-7-18-15(13-25)12-23-20(24-18)14-4-3-8-22-11-14/h5-6,10,12,14,22H,3-4,7-9,11,13H2,1-2H3/t14-/m0/s1. The Kier molecular flexibility index (Phi) is 5.43. The highest BCUT2D eigenvalue weighted by Gasteiger charge is 2.27. The van der Waals surface area contributed by atoms with Gasteiger partial charge in [0.15, 0.2) is 0 Å². The number of benzene rings is 1. The molecule has 148 valence electrons. The molecule has 2 aliphatic heterocycles. The largest absolute Gasteiger partial charge is 0.497 e. The Balaban J connectivity index is 1.53. The van der Waals surface area contributed by atoms with Crippen LogP contribution in [0.3, 0.4) is 0 Å². The van der Waals surface area contributed by atoms with Crippen LogP contribution in [-0.4, -0.2) is 54.6 Å². The van der Waals surface area contributed by atoms with Gasteiger partial charge in [0.2, 0.25) is 0 Å². The summed E-state index contributed by atoms with van der Waals surface area (Å²) in [5.74, 6) is 2.44. The van der Waals surface area contributed by atoms with Crippen molar-refractivity contribution in [1.82, 2.24) is 20.2 Å². The summed E-state index contributed by atoms with van der Waals surface area (Å²) < 4.78 is 10.6. The Morgan fingerprint density at radius 1 is 1.29 bits per heavy atom. The third-order valence-electron chi connectivity index (χ3n) is 5.54. The SMILES string of the molecule is COc1ccc(OC)c(C(=O)N2CCc3nc([C@H]4CCCNC4)ncc3C2)c1. The fourth-order valence-electron chi connectivity index (χ4n) is 3.93. The number of nitrogens with one attached hydrogen (secondary N) is 1. The Labute approximate surface area is 165 Å². The van der Waals surface area contributed by atoms with Gasteiger partial charge in [0.25, 0.3) is 5.91 Å². The highest BCUT2D eigenvalue weighted by atomic mass is 16.5. The topological polar surface area (TPSA) is 76.6 Å².